The predicted molar refractivity (Wildman–Crippen MR) is 56.1 cm³/mol. The van der Waals surface area contributed by atoms with Crippen molar-refractivity contribution in [2.75, 3.05) is 0 Å². The minimum atomic E-state index is -0.492. The van der Waals surface area contributed by atoms with Gasteiger partial charge in [0.05, 0.1) is 0 Å². The smallest absolute Gasteiger partial charge is 0.238 e. The highest BCUT2D eigenvalue weighted by Gasteiger charge is 2.07. The zero-order chi connectivity index (χ0) is 10.6. The number of carbonyl (C=O) groups excluding carboxylic acids is 1. The molecular formula is C10H13ClN2O. The molecule has 0 spiro atoms. The largest absolute Gasteiger partial charge is 0.351 e. The minimum absolute atomic E-state index is 0.160. The molecule has 3 nitrogen and oxygen atoms in total. The van der Waals surface area contributed by atoms with E-state index < -0.39 is 5.38 Å². The molecule has 1 amide bonds. The monoisotopic (exact) mass is 212 g/mol. The molecule has 0 aliphatic rings. The zero-order valence-corrected chi connectivity index (χ0v) is 9.01. The lowest BCUT2D eigenvalue weighted by molar-refractivity contribution is -0.120. The SMILES string of the molecule is Cc1ccc(CNC(=O)C(C)Cl)cn1. The average Bonchev–Trinajstić information content (AvgIpc) is 2.16. The lowest BCUT2D eigenvalue weighted by Gasteiger charge is -2.06. The molecule has 4 heteroatoms. The Morgan fingerprint density at radius 3 is 2.86 bits per heavy atom. The van der Waals surface area contributed by atoms with Gasteiger partial charge in [-0.15, -0.1) is 11.6 Å². The summed E-state index contributed by atoms with van der Waals surface area (Å²) in [6.07, 6.45) is 1.74. The van der Waals surface area contributed by atoms with Crippen molar-refractivity contribution in [2.24, 2.45) is 0 Å². The van der Waals surface area contributed by atoms with Crippen LogP contribution in [-0.4, -0.2) is 16.3 Å². The number of amides is 1. The standard InChI is InChI=1S/C10H13ClN2O/c1-7-3-4-9(5-12-7)6-13-10(14)8(2)11/h3-5,8H,6H2,1-2H3,(H,13,14). The van der Waals surface area contributed by atoms with E-state index in [1.165, 1.54) is 0 Å². The molecular weight excluding hydrogens is 200 g/mol. The van der Waals surface area contributed by atoms with Crippen LogP contribution in [0, 0.1) is 6.92 Å². The van der Waals surface area contributed by atoms with E-state index in [0.29, 0.717) is 6.54 Å². The van der Waals surface area contributed by atoms with E-state index in [1.54, 1.807) is 13.1 Å². The van der Waals surface area contributed by atoms with Crippen molar-refractivity contribution < 1.29 is 4.79 Å². The molecule has 1 heterocycles. The highest BCUT2D eigenvalue weighted by Crippen LogP contribution is 1.99. The summed E-state index contributed by atoms with van der Waals surface area (Å²) < 4.78 is 0. The van der Waals surface area contributed by atoms with Crippen LogP contribution in [0.15, 0.2) is 18.3 Å². The maximum atomic E-state index is 11.1. The lowest BCUT2D eigenvalue weighted by Crippen LogP contribution is -2.29. The minimum Gasteiger partial charge on any atom is -0.351 e. The molecule has 0 aliphatic carbocycles. The Labute approximate surface area is 88.5 Å². The van der Waals surface area contributed by atoms with Crippen LogP contribution in [0.3, 0.4) is 0 Å². The Morgan fingerprint density at radius 2 is 2.36 bits per heavy atom. The van der Waals surface area contributed by atoms with Crippen molar-refractivity contribution in [1.82, 2.24) is 10.3 Å². The Morgan fingerprint density at radius 1 is 1.64 bits per heavy atom. The third kappa shape index (κ3) is 3.34. The second-order valence-corrected chi connectivity index (χ2v) is 3.80. The van der Waals surface area contributed by atoms with Gasteiger partial charge in [0.25, 0.3) is 0 Å². The van der Waals surface area contributed by atoms with Gasteiger partial charge in [0.15, 0.2) is 0 Å². The van der Waals surface area contributed by atoms with Crippen LogP contribution in [0.4, 0.5) is 0 Å². The van der Waals surface area contributed by atoms with Crippen molar-refractivity contribution in [2.45, 2.75) is 25.8 Å². The summed E-state index contributed by atoms with van der Waals surface area (Å²) in [5.41, 5.74) is 1.94. The van der Waals surface area contributed by atoms with Crippen molar-refractivity contribution in [3.8, 4) is 0 Å². The Balaban J connectivity index is 2.46. The van der Waals surface area contributed by atoms with Crippen molar-refractivity contribution in [1.29, 1.82) is 0 Å². The Hall–Kier alpha value is -1.09. The topological polar surface area (TPSA) is 42.0 Å². The Kier molecular flexibility index (Phi) is 3.89. The van der Waals surface area contributed by atoms with Gasteiger partial charge in [0, 0.05) is 18.4 Å². The molecule has 1 N–H and O–H groups in total. The molecule has 0 bridgehead atoms. The van der Waals surface area contributed by atoms with Crippen LogP contribution in [0.25, 0.3) is 0 Å². The molecule has 0 saturated carbocycles. The highest BCUT2D eigenvalue weighted by atomic mass is 35.5. The molecule has 76 valence electrons. The van der Waals surface area contributed by atoms with E-state index in [0.717, 1.165) is 11.3 Å². The van der Waals surface area contributed by atoms with Gasteiger partial charge in [-0.1, -0.05) is 6.07 Å². The molecule has 0 aliphatic heterocycles. The lowest BCUT2D eigenvalue weighted by atomic mass is 10.2. The second kappa shape index (κ2) is 4.96. The normalized spacial score (nSPS) is 12.2. The van der Waals surface area contributed by atoms with E-state index in [1.807, 2.05) is 19.1 Å². The summed E-state index contributed by atoms with van der Waals surface area (Å²) in [5.74, 6) is -0.160. The fraction of sp³-hybridized carbons (Fsp3) is 0.400. The van der Waals surface area contributed by atoms with Crippen molar-refractivity contribution in [3.63, 3.8) is 0 Å². The van der Waals surface area contributed by atoms with Crippen LogP contribution < -0.4 is 5.32 Å². The first kappa shape index (κ1) is 11.0. The second-order valence-electron chi connectivity index (χ2n) is 3.14. The van der Waals surface area contributed by atoms with Crippen LogP contribution >= 0.6 is 11.6 Å². The van der Waals surface area contributed by atoms with Crippen LogP contribution in [0.5, 0.6) is 0 Å². The number of pyridine rings is 1. The summed E-state index contributed by atoms with van der Waals surface area (Å²) in [6.45, 7) is 4.04. The number of aryl methyl sites for hydroxylation is 1. The molecule has 1 aromatic rings. The summed E-state index contributed by atoms with van der Waals surface area (Å²) in [5, 5.41) is 2.21. The molecule has 1 aromatic heterocycles. The average molecular weight is 213 g/mol. The fourth-order valence-corrected chi connectivity index (χ4v) is 1.01. The molecule has 14 heavy (non-hydrogen) atoms. The number of hydrogen-bond donors (Lipinski definition) is 1. The zero-order valence-electron chi connectivity index (χ0n) is 8.25. The quantitative estimate of drug-likeness (QED) is 0.774. The third-order valence-corrected chi connectivity index (χ3v) is 2.00. The van der Waals surface area contributed by atoms with Gasteiger partial charge in [0.1, 0.15) is 5.38 Å². The summed E-state index contributed by atoms with van der Waals surface area (Å²) in [7, 11) is 0. The van der Waals surface area contributed by atoms with Gasteiger partial charge in [-0.3, -0.25) is 9.78 Å². The maximum absolute atomic E-state index is 11.1. The Bertz CT molecular complexity index is 308. The predicted octanol–water partition coefficient (Wildman–Crippen LogP) is 1.63. The molecule has 0 fully saturated rings. The molecule has 0 saturated heterocycles. The fourth-order valence-electron chi connectivity index (χ4n) is 0.933. The molecule has 1 rings (SSSR count). The number of alkyl halides is 1. The van der Waals surface area contributed by atoms with E-state index in [2.05, 4.69) is 10.3 Å². The first-order valence-corrected chi connectivity index (χ1v) is 4.86. The van der Waals surface area contributed by atoms with Gasteiger partial charge < -0.3 is 5.32 Å². The van der Waals surface area contributed by atoms with Gasteiger partial charge in [-0.25, -0.2) is 0 Å². The van der Waals surface area contributed by atoms with Gasteiger partial charge in [-0.2, -0.15) is 0 Å². The summed E-state index contributed by atoms with van der Waals surface area (Å²) in [4.78, 5) is 15.2. The molecule has 0 aromatic carbocycles. The number of nitrogens with zero attached hydrogens (tertiary/aromatic N) is 1. The summed E-state index contributed by atoms with van der Waals surface area (Å²) >= 11 is 5.59. The molecule has 1 unspecified atom stereocenters. The molecule has 1 atom stereocenters. The third-order valence-electron chi connectivity index (χ3n) is 1.80. The number of nitrogens with one attached hydrogen (secondary N) is 1. The van der Waals surface area contributed by atoms with Crippen molar-refractivity contribution >= 4 is 17.5 Å². The maximum Gasteiger partial charge on any atom is 0.238 e. The van der Waals surface area contributed by atoms with Gasteiger partial charge in [0.2, 0.25) is 5.91 Å². The van der Waals surface area contributed by atoms with Gasteiger partial charge in [-0.05, 0) is 25.5 Å². The molecule has 0 radical (unpaired) electrons. The number of rotatable bonds is 3. The van der Waals surface area contributed by atoms with Crippen LogP contribution in [-0.2, 0) is 11.3 Å². The van der Waals surface area contributed by atoms with E-state index in [4.69, 9.17) is 11.6 Å². The summed E-state index contributed by atoms with van der Waals surface area (Å²) in [6, 6.07) is 3.84. The first-order valence-electron chi connectivity index (χ1n) is 4.43. The van der Waals surface area contributed by atoms with E-state index >= 15 is 0 Å². The number of halogens is 1. The van der Waals surface area contributed by atoms with E-state index in [9.17, 15) is 4.79 Å². The highest BCUT2D eigenvalue weighted by molar-refractivity contribution is 6.30. The van der Waals surface area contributed by atoms with Gasteiger partial charge >= 0.3 is 0 Å². The van der Waals surface area contributed by atoms with E-state index in [-0.39, 0.29) is 5.91 Å². The van der Waals surface area contributed by atoms with Crippen LogP contribution in [0.2, 0.25) is 0 Å². The number of carbonyl (C=O) groups is 1. The van der Waals surface area contributed by atoms with Crippen LogP contribution in [0.1, 0.15) is 18.2 Å². The number of hydrogen-bond acceptors (Lipinski definition) is 2. The van der Waals surface area contributed by atoms with Crippen molar-refractivity contribution in [3.05, 3.63) is 29.6 Å². The number of aromatic nitrogens is 1. The first-order chi connectivity index (χ1) is 6.59.